The summed E-state index contributed by atoms with van der Waals surface area (Å²) in [5, 5.41) is 2.71. The fraction of sp³-hybridized carbons (Fsp3) is 0.125. The summed E-state index contributed by atoms with van der Waals surface area (Å²) >= 11 is 0. The number of fused-ring (bicyclic) bond motifs is 1. The van der Waals surface area contributed by atoms with E-state index in [0.29, 0.717) is 23.3 Å². The lowest BCUT2D eigenvalue weighted by molar-refractivity contribution is 0.253. The third kappa shape index (κ3) is 3.28. The number of carbonyl (C=O) groups is 1. The second-order valence-electron chi connectivity index (χ2n) is 5.12. The number of aromatic nitrogens is 2. The van der Waals surface area contributed by atoms with Crippen molar-refractivity contribution in [1.82, 2.24) is 9.55 Å². The number of H-pyrrole nitrogens is 1. The highest BCUT2D eigenvalue weighted by molar-refractivity contribution is 5.97. The maximum Gasteiger partial charge on any atom is 0.334 e. The molecule has 0 aliphatic rings. The van der Waals surface area contributed by atoms with Gasteiger partial charge in [-0.05, 0) is 42.3 Å². The van der Waals surface area contributed by atoms with Crippen molar-refractivity contribution in [2.24, 2.45) is 5.73 Å². The van der Waals surface area contributed by atoms with Crippen molar-refractivity contribution in [2.45, 2.75) is 13.5 Å². The lowest BCUT2D eigenvalue weighted by Crippen LogP contribution is -2.29. The van der Waals surface area contributed by atoms with E-state index in [4.69, 9.17) is 5.73 Å². The van der Waals surface area contributed by atoms with Gasteiger partial charge in [-0.15, -0.1) is 12.4 Å². The number of benzene rings is 2. The van der Waals surface area contributed by atoms with Gasteiger partial charge in [-0.1, -0.05) is 18.2 Å². The predicted octanol–water partition coefficient (Wildman–Crippen LogP) is 2.60. The number of imidazole rings is 1. The number of aryl methyl sites for hydroxylation is 1. The number of hydrogen-bond donors (Lipinski definition) is 3. The summed E-state index contributed by atoms with van der Waals surface area (Å²) in [6.45, 7) is 2.36. The van der Waals surface area contributed by atoms with Gasteiger partial charge in [0, 0.05) is 12.2 Å². The second kappa shape index (κ2) is 6.68. The van der Waals surface area contributed by atoms with Crippen molar-refractivity contribution >= 4 is 35.2 Å². The molecule has 1 aromatic heterocycles. The zero-order valence-electron chi connectivity index (χ0n) is 12.5. The van der Waals surface area contributed by atoms with Crippen LogP contribution in [0.2, 0.25) is 0 Å². The molecule has 3 rings (SSSR count). The van der Waals surface area contributed by atoms with E-state index < -0.39 is 11.7 Å². The van der Waals surface area contributed by atoms with Crippen molar-refractivity contribution in [2.75, 3.05) is 5.32 Å². The molecule has 1 heterocycles. The Morgan fingerprint density at radius 2 is 1.91 bits per heavy atom. The van der Waals surface area contributed by atoms with Gasteiger partial charge in [-0.2, -0.15) is 0 Å². The van der Waals surface area contributed by atoms with E-state index in [0.717, 1.165) is 15.7 Å². The first-order valence-electron chi connectivity index (χ1n) is 6.90. The average molecular weight is 333 g/mol. The molecule has 1 amide bonds. The summed E-state index contributed by atoms with van der Waals surface area (Å²) in [5.41, 5.74) is 8.85. The highest BCUT2D eigenvalue weighted by Crippen LogP contribution is 2.14. The first kappa shape index (κ1) is 16.8. The van der Waals surface area contributed by atoms with E-state index in [1.165, 1.54) is 0 Å². The van der Waals surface area contributed by atoms with Gasteiger partial charge >= 0.3 is 11.7 Å². The second-order valence-corrected chi connectivity index (χ2v) is 5.12. The predicted molar refractivity (Wildman–Crippen MR) is 93.3 cm³/mol. The van der Waals surface area contributed by atoms with E-state index in [-0.39, 0.29) is 12.4 Å². The van der Waals surface area contributed by atoms with Crippen molar-refractivity contribution in [3.8, 4) is 0 Å². The normalized spacial score (nSPS) is 10.3. The van der Waals surface area contributed by atoms with Crippen LogP contribution in [0.5, 0.6) is 0 Å². The summed E-state index contributed by atoms with van der Waals surface area (Å²) in [6.07, 6.45) is 0. The SMILES string of the molecule is Cc1ccc2c(c1)[nH]c(=O)n2C(=O)Nc1ccc(CN)cc1.Cl. The molecule has 0 unspecified atom stereocenters. The van der Waals surface area contributed by atoms with Crippen molar-refractivity contribution in [1.29, 1.82) is 0 Å². The Balaban J connectivity index is 0.00000192. The van der Waals surface area contributed by atoms with E-state index in [9.17, 15) is 9.59 Å². The summed E-state index contributed by atoms with van der Waals surface area (Å²) in [5.74, 6) is 0. The number of anilines is 1. The van der Waals surface area contributed by atoms with Crippen LogP contribution in [0.1, 0.15) is 11.1 Å². The minimum Gasteiger partial charge on any atom is -0.326 e. The van der Waals surface area contributed by atoms with Crippen LogP contribution in [0.25, 0.3) is 11.0 Å². The van der Waals surface area contributed by atoms with Gasteiger partial charge in [0.1, 0.15) is 0 Å². The van der Waals surface area contributed by atoms with Crippen molar-refractivity contribution in [3.05, 3.63) is 64.1 Å². The number of nitrogens with two attached hydrogens (primary N) is 1. The van der Waals surface area contributed by atoms with E-state index in [1.54, 1.807) is 18.2 Å². The number of aromatic amines is 1. The molecule has 23 heavy (non-hydrogen) atoms. The number of rotatable bonds is 2. The molecule has 0 fully saturated rings. The van der Waals surface area contributed by atoms with E-state index >= 15 is 0 Å². The zero-order valence-corrected chi connectivity index (χ0v) is 13.3. The molecule has 0 spiro atoms. The third-order valence-electron chi connectivity index (χ3n) is 3.48. The number of nitrogens with one attached hydrogen (secondary N) is 2. The zero-order chi connectivity index (χ0) is 15.7. The molecule has 0 radical (unpaired) electrons. The van der Waals surface area contributed by atoms with Crippen LogP contribution in [-0.2, 0) is 6.54 Å². The molecular formula is C16H17ClN4O2. The topological polar surface area (TPSA) is 92.9 Å². The van der Waals surface area contributed by atoms with E-state index in [2.05, 4.69) is 10.3 Å². The molecule has 0 atom stereocenters. The molecule has 0 saturated heterocycles. The standard InChI is InChI=1S/C16H16N4O2.ClH/c1-10-2-7-14-13(8-10)19-16(22)20(14)15(21)18-12-5-3-11(9-17)4-6-12;/h2-8H,9,17H2,1H3,(H,18,21)(H,19,22);1H. The molecular weight excluding hydrogens is 316 g/mol. The van der Waals surface area contributed by atoms with Crippen LogP contribution in [-0.4, -0.2) is 15.6 Å². The monoisotopic (exact) mass is 332 g/mol. The van der Waals surface area contributed by atoms with Crippen molar-refractivity contribution in [3.63, 3.8) is 0 Å². The molecule has 120 valence electrons. The van der Waals surface area contributed by atoms with Crippen LogP contribution in [0.15, 0.2) is 47.3 Å². The van der Waals surface area contributed by atoms with Gasteiger partial charge in [0.2, 0.25) is 0 Å². The summed E-state index contributed by atoms with van der Waals surface area (Å²) < 4.78 is 1.09. The largest absolute Gasteiger partial charge is 0.334 e. The molecule has 4 N–H and O–H groups in total. The van der Waals surface area contributed by atoms with Gasteiger partial charge in [-0.3, -0.25) is 0 Å². The quantitative estimate of drug-likeness (QED) is 0.673. The highest BCUT2D eigenvalue weighted by atomic mass is 35.5. The van der Waals surface area contributed by atoms with Gasteiger partial charge in [-0.25, -0.2) is 14.2 Å². The Labute approximate surface area is 138 Å². The molecule has 0 bridgehead atoms. The van der Waals surface area contributed by atoms with Crippen LogP contribution in [0.3, 0.4) is 0 Å². The maximum absolute atomic E-state index is 12.4. The Bertz CT molecular complexity index is 897. The summed E-state index contributed by atoms with van der Waals surface area (Å²) in [6, 6.07) is 12.1. The summed E-state index contributed by atoms with van der Waals surface area (Å²) in [4.78, 5) is 27.1. The van der Waals surface area contributed by atoms with Crippen molar-refractivity contribution < 1.29 is 4.79 Å². The lowest BCUT2D eigenvalue weighted by Gasteiger charge is -2.06. The fourth-order valence-electron chi connectivity index (χ4n) is 2.33. The number of carbonyl (C=O) groups excluding carboxylic acids is 1. The molecule has 2 aromatic carbocycles. The fourth-order valence-corrected chi connectivity index (χ4v) is 2.33. The molecule has 6 nitrogen and oxygen atoms in total. The number of hydrogen-bond acceptors (Lipinski definition) is 3. The average Bonchev–Trinajstić information content (AvgIpc) is 2.83. The van der Waals surface area contributed by atoms with Gasteiger partial charge < -0.3 is 16.0 Å². The smallest absolute Gasteiger partial charge is 0.326 e. The number of nitrogens with zero attached hydrogens (tertiary/aromatic N) is 1. The third-order valence-corrected chi connectivity index (χ3v) is 3.48. The first-order chi connectivity index (χ1) is 10.6. The number of halogens is 1. The van der Waals surface area contributed by atoms with Gasteiger partial charge in [0.15, 0.2) is 0 Å². The number of amides is 1. The Kier molecular flexibility index (Phi) is 4.88. The first-order valence-corrected chi connectivity index (χ1v) is 6.90. The van der Waals surface area contributed by atoms with Crippen LogP contribution in [0.4, 0.5) is 10.5 Å². The van der Waals surface area contributed by atoms with Gasteiger partial charge in [0.05, 0.1) is 11.0 Å². The minimum absolute atomic E-state index is 0. The lowest BCUT2D eigenvalue weighted by atomic mass is 10.2. The Morgan fingerprint density at radius 1 is 1.22 bits per heavy atom. The summed E-state index contributed by atoms with van der Waals surface area (Å²) in [7, 11) is 0. The minimum atomic E-state index is -0.499. The molecule has 3 aromatic rings. The van der Waals surface area contributed by atoms with Crippen LogP contribution < -0.4 is 16.7 Å². The van der Waals surface area contributed by atoms with Crippen LogP contribution in [0, 0.1) is 6.92 Å². The Hall–Kier alpha value is -2.57. The van der Waals surface area contributed by atoms with Crippen LogP contribution >= 0.6 is 12.4 Å². The Morgan fingerprint density at radius 3 is 2.57 bits per heavy atom. The van der Waals surface area contributed by atoms with Gasteiger partial charge in [0.25, 0.3) is 0 Å². The highest BCUT2D eigenvalue weighted by Gasteiger charge is 2.14. The maximum atomic E-state index is 12.4. The molecule has 0 saturated carbocycles. The van der Waals surface area contributed by atoms with E-state index in [1.807, 2.05) is 31.2 Å². The molecule has 7 heteroatoms. The molecule has 0 aliphatic carbocycles. The molecule has 0 aliphatic heterocycles.